The molecule has 0 spiro atoms. The predicted molar refractivity (Wildman–Crippen MR) is 67.2 cm³/mol. The predicted octanol–water partition coefficient (Wildman–Crippen LogP) is 2.76. The van der Waals surface area contributed by atoms with E-state index < -0.39 is 0 Å². The van der Waals surface area contributed by atoms with Gasteiger partial charge in [0.1, 0.15) is 10.9 Å². The molecule has 0 aliphatic rings. The molecule has 2 aromatic rings. The monoisotopic (exact) mass is 249 g/mol. The molecule has 0 amide bonds. The fourth-order valence-electron chi connectivity index (χ4n) is 1.37. The van der Waals surface area contributed by atoms with Crippen LogP contribution in [-0.4, -0.2) is 15.1 Å². The number of aromatic hydroxyl groups is 1. The van der Waals surface area contributed by atoms with Crippen LogP contribution in [0.2, 0.25) is 5.15 Å². The molecule has 2 aromatic heterocycles. The number of hydrogen-bond donors (Lipinski definition) is 2. The van der Waals surface area contributed by atoms with Crippen molar-refractivity contribution in [2.75, 3.05) is 5.32 Å². The third-order valence-corrected chi connectivity index (χ3v) is 2.69. The maximum atomic E-state index is 9.10. The van der Waals surface area contributed by atoms with Gasteiger partial charge in [-0.1, -0.05) is 11.6 Å². The number of aryl methyl sites for hydroxylation is 1. The van der Waals surface area contributed by atoms with Crippen molar-refractivity contribution in [3.63, 3.8) is 0 Å². The van der Waals surface area contributed by atoms with Crippen LogP contribution in [0.3, 0.4) is 0 Å². The molecule has 0 aromatic carbocycles. The van der Waals surface area contributed by atoms with Crippen molar-refractivity contribution >= 4 is 17.3 Å². The van der Waals surface area contributed by atoms with Gasteiger partial charge in [0, 0.05) is 0 Å². The molecule has 4 nitrogen and oxygen atoms in total. The number of aromatic nitrogens is 2. The SMILES string of the molecule is Cc1cc(NCc2ccc(O)cn2)cnc1Cl. The lowest BCUT2D eigenvalue weighted by Crippen LogP contribution is -2.01. The van der Waals surface area contributed by atoms with Gasteiger partial charge in [-0.05, 0) is 30.7 Å². The number of pyridine rings is 2. The van der Waals surface area contributed by atoms with E-state index >= 15 is 0 Å². The molecule has 0 unspecified atom stereocenters. The minimum atomic E-state index is 0.165. The van der Waals surface area contributed by atoms with E-state index in [1.54, 1.807) is 18.3 Å². The smallest absolute Gasteiger partial charge is 0.133 e. The Balaban J connectivity index is 2.02. The third kappa shape index (κ3) is 3.07. The van der Waals surface area contributed by atoms with Crippen LogP contribution in [0, 0.1) is 6.92 Å². The first-order valence-corrected chi connectivity index (χ1v) is 5.53. The molecule has 2 heterocycles. The summed E-state index contributed by atoms with van der Waals surface area (Å²) in [5, 5.41) is 12.8. The van der Waals surface area contributed by atoms with E-state index in [1.807, 2.05) is 13.0 Å². The summed E-state index contributed by atoms with van der Waals surface area (Å²) >= 11 is 5.84. The van der Waals surface area contributed by atoms with E-state index in [1.165, 1.54) is 6.20 Å². The molecule has 0 bridgehead atoms. The molecule has 0 saturated heterocycles. The number of rotatable bonds is 3. The lowest BCUT2D eigenvalue weighted by Gasteiger charge is -2.07. The van der Waals surface area contributed by atoms with Gasteiger partial charge in [-0.2, -0.15) is 0 Å². The van der Waals surface area contributed by atoms with Gasteiger partial charge < -0.3 is 10.4 Å². The first kappa shape index (κ1) is 11.7. The van der Waals surface area contributed by atoms with E-state index in [2.05, 4.69) is 15.3 Å². The highest BCUT2D eigenvalue weighted by atomic mass is 35.5. The topological polar surface area (TPSA) is 58.0 Å². The number of nitrogens with one attached hydrogen (secondary N) is 1. The summed E-state index contributed by atoms with van der Waals surface area (Å²) in [6.45, 7) is 2.47. The van der Waals surface area contributed by atoms with Gasteiger partial charge in [-0.3, -0.25) is 4.98 Å². The van der Waals surface area contributed by atoms with Crippen LogP contribution in [-0.2, 0) is 6.54 Å². The zero-order chi connectivity index (χ0) is 12.3. The van der Waals surface area contributed by atoms with Crippen molar-refractivity contribution in [1.29, 1.82) is 0 Å². The first-order chi connectivity index (χ1) is 8.15. The zero-order valence-corrected chi connectivity index (χ0v) is 10.1. The van der Waals surface area contributed by atoms with Gasteiger partial charge in [-0.25, -0.2) is 4.98 Å². The summed E-state index contributed by atoms with van der Waals surface area (Å²) in [6, 6.07) is 5.30. The van der Waals surface area contributed by atoms with Crippen LogP contribution < -0.4 is 5.32 Å². The van der Waals surface area contributed by atoms with Gasteiger partial charge >= 0.3 is 0 Å². The summed E-state index contributed by atoms with van der Waals surface area (Å²) in [4.78, 5) is 8.12. The summed E-state index contributed by atoms with van der Waals surface area (Å²) in [5.41, 5.74) is 2.66. The minimum absolute atomic E-state index is 0.165. The van der Waals surface area contributed by atoms with E-state index in [0.717, 1.165) is 16.9 Å². The van der Waals surface area contributed by atoms with Crippen LogP contribution in [0.4, 0.5) is 5.69 Å². The zero-order valence-electron chi connectivity index (χ0n) is 9.31. The lowest BCUT2D eigenvalue weighted by molar-refractivity contribution is 0.472. The van der Waals surface area contributed by atoms with Crippen molar-refractivity contribution in [3.05, 3.63) is 47.0 Å². The molecule has 2 rings (SSSR count). The molecule has 0 atom stereocenters. The summed E-state index contributed by atoms with van der Waals surface area (Å²) in [6.07, 6.45) is 3.10. The lowest BCUT2D eigenvalue weighted by atomic mass is 10.3. The van der Waals surface area contributed by atoms with Crippen LogP contribution >= 0.6 is 11.6 Å². The molecular formula is C12H12ClN3O. The Morgan fingerprint density at radius 1 is 1.29 bits per heavy atom. The molecule has 17 heavy (non-hydrogen) atoms. The van der Waals surface area contributed by atoms with Gasteiger partial charge in [0.25, 0.3) is 0 Å². The summed E-state index contributed by atoms with van der Waals surface area (Å²) in [5.74, 6) is 0.165. The Morgan fingerprint density at radius 2 is 2.12 bits per heavy atom. The largest absolute Gasteiger partial charge is 0.506 e. The van der Waals surface area contributed by atoms with Gasteiger partial charge in [0.15, 0.2) is 0 Å². The molecule has 88 valence electrons. The number of hydrogen-bond acceptors (Lipinski definition) is 4. The van der Waals surface area contributed by atoms with Crippen molar-refractivity contribution in [2.24, 2.45) is 0 Å². The maximum absolute atomic E-state index is 9.10. The minimum Gasteiger partial charge on any atom is -0.506 e. The van der Waals surface area contributed by atoms with Crippen molar-refractivity contribution in [3.8, 4) is 5.75 Å². The second kappa shape index (κ2) is 5.01. The average Bonchev–Trinajstić information content (AvgIpc) is 2.33. The first-order valence-electron chi connectivity index (χ1n) is 5.15. The Hall–Kier alpha value is -1.81. The van der Waals surface area contributed by atoms with Crippen LogP contribution in [0.25, 0.3) is 0 Å². The van der Waals surface area contributed by atoms with E-state index in [4.69, 9.17) is 16.7 Å². The highest BCUT2D eigenvalue weighted by molar-refractivity contribution is 6.30. The van der Waals surface area contributed by atoms with Crippen LogP contribution in [0.15, 0.2) is 30.6 Å². The van der Waals surface area contributed by atoms with E-state index in [-0.39, 0.29) is 5.75 Å². The number of nitrogens with zero attached hydrogens (tertiary/aromatic N) is 2. The molecule has 2 N–H and O–H groups in total. The summed E-state index contributed by atoms with van der Waals surface area (Å²) in [7, 11) is 0. The molecule has 0 radical (unpaired) electrons. The highest BCUT2D eigenvalue weighted by Gasteiger charge is 1.99. The maximum Gasteiger partial charge on any atom is 0.133 e. The number of halogens is 1. The Labute approximate surface area is 104 Å². The average molecular weight is 250 g/mol. The quantitative estimate of drug-likeness (QED) is 0.822. The second-order valence-corrected chi connectivity index (χ2v) is 4.05. The molecule has 0 fully saturated rings. The van der Waals surface area contributed by atoms with Crippen molar-refractivity contribution < 1.29 is 5.11 Å². The van der Waals surface area contributed by atoms with E-state index in [0.29, 0.717) is 11.7 Å². The van der Waals surface area contributed by atoms with Crippen LogP contribution in [0.1, 0.15) is 11.3 Å². The molecule has 5 heteroatoms. The highest BCUT2D eigenvalue weighted by Crippen LogP contribution is 2.16. The Bertz CT molecular complexity index is 514. The fourth-order valence-corrected chi connectivity index (χ4v) is 1.47. The van der Waals surface area contributed by atoms with Gasteiger partial charge in [0.05, 0.1) is 30.3 Å². The van der Waals surface area contributed by atoms with E-state index in [9.17, 15) is 0 Å². The summed E-state index contributed by atoms with van der Waals surface area (Å²) < 4.78 is 0. The Kier molecular flexibility index (Phi) is 3.44. The third-order valence-electron chi connectivity index (χ3n) is 2.30. The van der Waals surface area contributed by atoms with Crippen LogP contribution in [0.5, 0.6) is 5.75 Å². The standard InChI is InChI=1S/C12H12ClN3O/c1-8-4-10(6-16-12(8)13)14-5-9-2-3-11(17)7-15-9/h2-4,6-7,14,17H,5H2,1H3. The molecule has 0 aliphatic carbocycles. The molecular weight excluding hydrogens is 238 g/mol. The van der Waals surface area contributed by atoms with Gasteiger partial charge in [-0.15, -0.1) is 0 Å². The fraction of sp³-hybridized carbons (Fsp3) is 0.167. The molecule has 0 saturated carbocycles. The normalized spacial score (nSPS) is 10.2. The van der Waals surface area contributed by atoms with Gasteiger partial charge in [0.2, 0.25) is 0 Å². The molecule has 0 aliphatic heterocycles. The Morgan fingerprint density at radius 3 is 2.76 bits per heavy atom. The number of anilines is 1. The van der Waals surface area contributed by atoms with Crippen molar-refractivity contribution in [1.82, 2.24) is 9.97 Å². The second-order valence-electron chi connectivity index (χ2n) is 3.69. The van der Waals surface area contributed by atoms with Crippen molar-refractivity contribution in [2.45, 2.75) is 13.5 Å².